The van der Waals surface area contributed by atoms with Crippen molar-refractivity contribution in [2.24, 2.45) is 0 Å². The molecule has 0 radical (unpaired) electrons. The van der Waals surface area contributed by atoms with Gasteiger partial charge in [-0.15, -0.1) is 0 Å². The third-order valence-corrected chi connectivity index (χ3v) is 11.9. The highest BCUT2D eigenvalue weighted by molar-refractivity contribution is 7.92. The van der Waals surface area contributed by atoms with Crippen LogP contribution in [0.15, 0.2) is 149 Å². The zero-order chi connectivity index (χ0) is 32.1. The number of nitrogens with zero attached hydrogens (tertiary/aromatic N) is 2. The predicted molar refractivity (Wildman–Crippen MR) is 197 cm³/mol. The van der Waals surface area contributed by atoms with Crippen molar-refractivity contribution >= 4 is 64.0 Å². The van der Waals surface area contributed by atoms with Crippen molar-refractivity contribution in [1.82, 2.24) is 9.55 Å². The summed E-state index contributed by atoms with van der Waals surface area (Å²) < 4.78 is 30.7. The van der Waals surface area contributed by atoms with E-state index < -0.39 is 9.84 Å². The fraction of sp³-hybridized carbons (Fsp3) is 0.0465. The topological polar surface area (TPSA) is 52.0 Å². The Bertz CT molecular complexity index is 2900. The lowest BCUT2D eigenvalue weighted by Crippen LogP contribution is -2.17. The van der Waals surface area contributed by atoms with Crippen molar-refractivity contribution in [3.63, 3.8) is 0 Å². The van der Waals surface area contributed by atoms with Gasteiger partial charge in [0, 0.05) is 12.0 Å². The molecule has 0 aliphatic carbocycles. The summed E-state index contributed by atoms with van der Waals surface area (Å²) >= 11 is 0. The summed E-state index contributed by atoms with van der Waals surface area (Å²) in [5.41, 5.74) is 6.24. The molecule has 1 aliphatic heterocycles. The number of aromatic nitrogens is 2. The van der Waals surface area contributed by atoms with E-state index in [2.05, 4.69) is 121 Å². The molecule has 0 amide bonds. The van der Waals surface area contributed by atoms with E-state index in [0.29, 0.717) is 32.9 Å². The average molecular weight is 637 g/mol. The van der Waals surface area contributed by atoms with Gasteiger partial charge in [-0.2, -0.15) is 0 Å². The van der Waals surface area contributed by atoms with Crippen LogP contribution in [0, 0.1) is 0 Å². The molecule has 0 N–H and O–H groups in total. The Hall–Kier alpha value is -5.78. The number of aryl methyl sites for hydroxylation is 1. The second-order valence-electron chi connectivity index (χ2n) is 12.6. The van der Waals surface area contributed by atoms with Crippen molar-refractivity contribution < 1.29 is 8.42 Å². The van der Waals surface area contributed by atoms with Gasteiger partial charge in [0.1, 0.15) is 5.82 Å². The summed E-state index contributed by atoms with van der Waals surface area (Å²) in [7, 11) is -3.79. The van der Waals surface area contributed by atoms with Crippen LogP contribution in [-0.2, 0) is 16.3 Å². The quantitative estimate of drug-likeness (QED) is 0.143. The molecule has 0 atom stereocenters. The van der Waals surface area contributed by atoms with Crippen LogP contribution < -0.4 is 0 Å². The van der Waals surface area contributed by atoms with Gasteiger partial charge in [0.25, 0.3) is 0 Å². The zero-order valence-electron chi connectivity index (χ0n) is 26.1. The van der Waals surface area contributed by atoms with Crippen LogP contribution in [0.5, 0.6) is 0 Å². The third-order valence-electron chi connectivity index (χ3n) is 10.1. The number of imidazole rings is 1. The summed E-state index contributed by atoms with van der Waals surface area (Å²) in [4.78, 5) is 5.55. The van der Waals surface area contributed by atoms with Gasteiger partial charge in [0.05, 0.1) is 26.5 Å². The Morgan fingerprint density at radius 2 is 1.17 bits per heavy atom. The first-order valence-electron chi connectivity index (χ1n) is 16.3. The number of fused-ring (bicyclic) bond motifs is 7. The molecule has 0 saturated heterocycles. The Labute approximate surface area is 277 Å². The maximum atomic E-state index is 14.3. The zero-order valence-corrected chi connectivity index (χ0v) is 26.9. The molecule has 0 spiro atoms. The molecule has 0 fully saturated rings. The third kappa shape index (κ3) is 3.59. The molecular formula is C43H28N2O2S. The second kappa shape index (κ2) is 9.86. The standard InChI is InChI=1S/C43H28N2O2S/c1-2-39-44-36-18-10-20-38-43(36)45(39)42-35(17-9-19-37(42)48(38,46)47)41-33-15-7-5-13-31(33)40(32-14-6-8-16-34(32)41)28-23-24-30-27(25-28)22-21-26-11-3-4-12-29(26)30/h3-25H,2H2,1H3. The van der Waals surface area contributed by atoms with Crippen molar-refractivity contribution in [1.29, 1.82) is 0 Å². The first-order valence-corrected chi connectivity index (χ1v) is 17.8. The molecule has 48 heavy (non-hydrogen) atoms. The summed E-state index contributed by atoms with van der Waals surface area (Å²) in [6, 6.07) is 47.9. The van der Waals surface area contributed by atoms with E-state index >= 15 is 0 Å². The highest BCUT2D eigenvalue weighted by Gasteiger charge is 2.35. The van der Waals surface area contributed by atoms with E-state index in [1.807, 2.05) is 12.1 Å². The lowest BCUT2D eigenvalue weighted by atomic mass is 9.85. The van der Waals surface area contributed by atoms with Crippen LogP contribution in [0.4, 0.5) is 0 Å². The van der Waals surface area contributed by atoms with Crippen molar-refractivity contribution in [2.45, 2.75) is 23.1 Å². The molecule has 4 nitrogen and oxygen atoms in total. The Morgan fingerprint density at radius 1 is 0.562 bits per heavy atom. The van der Waals surface area contributed by atoms with Crippen molar-refractivity contribution in [2.75, 3.05) is 0 Å². The molecule has 0 saturated carbocycles. The fourth-order valence-corrected chi connectivity index (χ4v) is 9.69. The number of benzene rings is 8. The molecule has 5 heteroatoms. The molecule has 10 rings (SSSR count). The lowest BCUT2D eigenvalue weighted by molar-refractivity contribution is 0.594. The summed E-state index contributed by atoms with van der Waals surface area (Å²) in [6.45, 7) is 2.07. The number of hydrogen-bond acceptors (Lipinski definition) is 3. The van der Waals surface area contributed by atoms with Gasteiger partial charge in [0.15, 0.2) is 0 Å². The Balaban J connectivity index is 1.33. The molecule has 228 valence electrons. The maximum Gasteiger partial charge on any atom is 0.210 e. The second-order valence-corrected chi connectivity index (χ2v) is 14.4. The monoisotopic (exact) mass is 636 g/mol. The first-order chi connectivity index (χ1) is 23.5. The van der Waals surface area contributed by atoms with Gasteiger partial charge < -0.3 is 0 Å². The van der Waals surface area contributed by atoms with Gasteiger partial charge in [-0.3, -0.25) is 4.57 Å². The molecule has 1 aromatic heterocycles. The van der Waals surface area contributed by atoms with Crippen LogP contribution in [-0.4, -0.2) is 18.0 Å². The van der Waals surface area contributed by atoms with Gasteiger partial charge in [-0.25, -0.2) is 13.4 Å². The maximum absolute atomic E-state index is 14.3. The summed E-state index contributed by atoms with van der Waals surface area (Å²) in [5, 5.41) is 9.29. The number of sulfone groups is 1. The minimum atomic E-state index is -3.79. The fourth-order valence-electron chi connectivity index (χ4n) is 8.03. The minimum Gasteiger partial charge on any atom is -0.293 e. The molecule has 2 heterocycles. The van der Waals surface area contributed by atoms with E-state index in [9.17, 15) is 8.42 Å². The SMILES string of the molecule is CCc1nc2cccc3c2n1-c1c(-c2c4ccccc4c(-c4ccc5c(ccc6ccccc65)c4)c4ccccc24)cccc1S3(=O)=O. The van der Waals surface area contributed by atoms with E-state index in [4.69, 9.17) is 4.98 Å². The normalized spacial score (nSPS) is 13.5. The van der Waals surface area contributed by atoms with E-state index in [0.717, 1.165) is 44.1 Å². The van der Waals surface area contributed by atoms with Gasteiger partial charge in [-0.1, -0.05) is 122 Å². The number of rotatable bonds is 3. The molecule has 0 bridgehead atoms. The Morgan fingerprint density at radius 3 is 1.90 bits per heavy atom. The smallest absolute Gasteiger partial charge is 0.210 e. The lowest BCUT2D eigenvalue weighted by Gasteiger charge is -2.25. The van der Waals surface area contributed by atoms with Gasteiger partial charge in [0.2, 0.25) is 9.84 Å². The van der Waals surface area contributed by atoms with Crippen molar-refractivity contribution in [3.05, 3.63) is 145 Å². The predicted octanol–water partition coefficient (Wildman–Crippen LogP) is 10.7. The molecule has 8 aromatic carbocycles. The number of para-hydroxylation sites is 2. The van der Waals surface area contributed by atoms with Crippen LogP contribution in [0.1, 0.15) is 12.7 Å². The van der Waals surface area contributed by atoms with Crippen molar-refractivity contribution in [3.8, 4) is 27.9 Å². The molecular weight excluding hydrogens is 609 g/mol. The number of hydrogen-bond donors (Lipinski definition) is 0. The summed E-state index contributed by atoms with van der Waals surface area (Å²) in [5.74, 6) is 0.843. The average Bonchev–Trinajstić information content (AvgIpc) is 3.51. The van der Waals surface area contributed by atoms with Crippen LogP contribution in [0.2, 0.25) is 0 Å². The molecule has 9 aromatic rings. The minimum absolute atomic E-state index is 0.311. The largest absolute Gasteiger partial charge is 0.293 e. The molecule has 1 aliphatic rings. The van der Waals surface area contributed by atoms with Gasteiger partial charge >= 0.3 is 0 Å². The van der Waals surface area contributed by atoms with Crippen LogP contribution in [0.3, 0.4) is 0 Å². The molecule has 0 unspecified atom stereocenters. The van der Waals surface area contributed by atoms with E-state index in [1.54, 1.807) is 18.2 Å². The first kappa shape index (κ1) is 27.3. The highest BCUT2D eigenvalue weighted by Crippen LogP contribution is 2.49. The van der Waals surface area contributed by atoms with Crippen LogP contribution in [0.25, 0.3) is 82.1 Å². The summed E-state index contributed by atoms with van der Waals surface area (Å²) in [6.07, 6.45) is 0.666. The Kier molecular flexibility index (Phi) is 5.62. The van der Waals surface area contributed by atoms with Crippen LogP contribution >= 0.6 is 0 Å². The van der Waals surface area contributed by atoms with E-state index in [1.165, 1.54) is 27.1 Å². The van der Waals surface area contributed by atoms with E-state index in [-0.39, 0.29) is 0 Å². The highest BCUT2D eigenvalue weighted by atomic mass is 32.2. The van der Waals surface area contributed by atoms with Gasteiger partial charge in [-0.05, 0) is 84.0 Å².